The fraction of sp³-hybridized carbons (Fsp3) is 0.611. The van der Waals surface area contributed by atoms with Gasteiger partial charge in [0.15, 0.2) is 5.96 Å². The molecule has 0 fully saturated rings. The summed E-state index contributed by atoms with van der Waals surface area (Å²) in [5.74, 6) is -7.62. The minimum Gasteiger partial charge on any atom is -0.481 e. The van der Waals surface area contributed by atoms with Gasteiger partial charge in [0.05, 0.1) is 12.5 Å². The Kier molecular flexibility index (Phi) is 14.4. The molecule has 0 heterocycles. The highest BCUT2D eigenvalue weighted by Gasteiger charge is 2.31. The summed E-state index contributed by atoms with van der Waals surface area (Å²) in [4.78, 5) is 74.5. The molecular formula is C18H31N7O9S. The van der Waals surface area contributed by atoms with Crippen LogP contribution in [0.3, 0.4) is 0 Å². The number of carbonyl (C=O) groups excluding carboxylic acids is 3. The Hall–Kier alpha value is -3.60. The molecule has 0 aromatic rings. The molecule has 0 aromatic carbocycles. The predicted molar refractivity (Wildman–Crippen MR) is 124 cm³/mol. The molecule has 0 radical (unpaired) electrons. The topological polar surface area (TPSA) is 290 Å². The number of amides is 3. The van der Waals surface area contributed by atoms with Crippen molar-refractivity contribution in [3.8, 4) is 0 Å². The van der Waals surface area contributed by atoms with Gasteiger partial charge >= 0.3 is 17.9 Å². The number of carboxylic acid groups (broad SMARTS) is 3. The van der Waals surface area contributed by atoms with Gasteiger partial charge in [-0.05, 0) is 19.3 Å². The highest BCUT2D eigenvalue weighted by Crippen LogP contribution is 2.04. The van der Waals surface area contributed by atoms with E-state index in [4.69, 9.17) is 32.5 Å². The average Bonchev–Trinajstić information content (AvgIpc) is 2.75. The molecule has 0 rings (SSSR count). The summed E-state index contributed by atoms with van der Waals surface area (Å²) < 4.78 is 0. The van der Waals surface area contributed by atoms with Crippen molar-refractivity contribution >= 4 is 54.2 Å². The molecule has 12 N–H and O–H groups in total. The van der Waals surface area contributed by atoms with Crippen molar-refractivity contribution in [3.05, 3.63) is 0 Å². The smallest absolute Gasteiger partial charge is 0.327 e. The van der Waals surface area contributed by atoms with E-state index in [2.05, 4.69) is 33.6 Å². The Morgan fingerprint density at radius 2 is 1.34 bits per heavy atom. The Morgan fingerprint density at radius 1 is 0.800 bits per heavy atom. The average molecular weight is 522 g/mol. The van der Waals surface area contributed by atoms with Crippen LogP contribution in [0.25, 0.3) is 0 Å². The summed E-state index contributed by atoms with van der Waals surface area (Å²) in [6, 6.07) is -5.77. The maximum atomic E-state index is 12.7. The zero-order valence-electron chi connectivity index (χ0n) is 18.7. The number of nitrogens with one attached hydrogen (secondary N) is 3. The number of carbonyl (C=O) groups is 6. The number of aliphatic imine (C=N–C) groups is 1. The third-order valence-electron chi connectivity index (χ3n) is 4.39. The first kappa shape index (κ1) is 31.4. The maximum Gasteiger partial charge on any atom is 0.327 e. The summed E-state index contributed by atoms with van der Waals surface area (Å²) in [6.45, 7) is 0.187. The summed E-state index contributed by atoms with van der Waals surface area (Å²) in [5, 5.41) is 33.5. The van der Waals surface area contributed by atoms with Crippen LogP contribution >= 0.6 is 12.6 Å². The number of rotatable bonds is 17. The van der Waals surface area contributed by atoms with Crippen LogP contribution in [0.4, 0.5) is 0 Å². The lowest BCUT2D eigenvalue weighted by atomic mass is 10.1. The second-order valence-corrected chi connectivity index (χ2v) is 7.66. The second-order valence-electron chi connectivity index (χ2n) is 7.29. The van der Waals surface area contributed by atoms with Gasteiger partial charge in [-0.25, -0.2) is 4.79 Å². The van der Waals surface area contributed by atoms with E-state index in [-0.39, 0.29) is 24.7 Å². The molecule has 0 spiro atoms. The number of aliphatic carboxylic acids is 3. The lowest BCUT2D eigenvalue weighted by Gasteiger charge is -2.24. The summed E-state index contributed by atoms with van der Waals surface area (Å²) in [7, 11) is 0. The van der Waals surface area contributed by atoms with E-state index in [1.54, 1.807) is 0 Å². The fourth-order valence-corrected chi connectivity index (χ4v) is 2.83. The molecule has 17 heteroatoms. The molecule has 0 bridgehead atoms. The van der Waals surface area contributed by atoms with E-state index in [1.165, 1.54) is 0 Å². The number of hydrogen-bond donors (Lipinski definition) is 10. The van der Waals surface area contributed by atoms with Gasteiger partial charge < -0.3 is 48.5 Å². The Bertz CT molecular complexity index is 820. The molecule has 0 saturated heterocycles. The van der Waals surface area contributed by atoms with E-state index in [0.717, 1.165) is 0 Å². The van der Waals surface area contributed by atoms with Crippen LogP contribution in [0.1, 0.15) is 32.1 Å². The normalized spacial score (nSPS) is 13.9. The number of nitrogens with two attached hydrogens (primary N) is 3. The van der Waals surface area contributed by atoms with Crippen LogP contribution in [-0.2, 0) is 28.8 Å². The first-order valence-corrected chi connectivity index (χ1v) is 10.9. The van der Waals surface area contributed by atoms with Crippen molar-refractivity contribution in [2.45, 2.75) is 56.3 Å². The zero-order chi connectivity index (χ0) is 27.1. The van der Waals surface area contributed by atoms with Crippen molar-refractivity contribution in [1.29, 1.82) is 0 Å². The minimum absolute atomic E-state index is 0.105. The van der Waals surface area contributed by atoms with Crippen molar-refractivity contribution in [3.63, 3.8) is 0 Å². The van der Waals surface area contributed by atoms with Gasteiger partial charge in [-0.15, -0.1) is 0 Å². The molecule has 4 atom stereocenters. The van der Waals surface area contributed by atoms with E-state index in [0.29, 0.717) is 6.42 Å². The monoisotopic (exact) mass is 521 g/mol. The van der Waals surface area contributed by atoms with E-state index < -0.39 is 79.1 Å². The molecule has 0 aromatic heterocycles. The van der Waals surface area contributed by atoms with Gasteiger partial charge in [-0.2, -0.15) is 12.6 Å². The van der Waals surface area contributed by atoms with Crippen molar-refractivity contribution in [2.75, 3.05) is 12.3 Å². The van der Waals surface area contributed by atoms with Crippen LogP contribution in [-0.4, -0.2) is 93.4 Å². The second kappa shape index (κ2) is 16.1. The first-order chi connectivity index (χ1) is 16.3. The van der Waals surface area contributed by atoms with Crippen molar-refractivity contribution in [2.24, 2.45) is 22.2 Å². The van der Waals surface area contributed by atoms with Gasteiger partial charge in [0.25, 0.3) is 0 Å². The minimum atomic E-state index is -1.66. The van der Waals surface area contributed by atoms with Crippen LogP contribution in [0, 0.1) is 0 Å². The molecule has 198 valence electrons. The van der Waals surface area contributed by atoms with Gasteiger partial charge in [-0.3, -0.25) is 29.0 Å². The molecule has 35 heavy (non-hydrogen) atoms. The lowest BCUT2D eigenvalue weighted by Crippen LogP contribution is -2.57. The van der Waals surface area contributed by atoms with Crippen molar-refractivity contribution in [1.82, 2.24) is 16.0 Å². The predicted octanol–water partition coefficient (Wildman–Crippen LogP) is -3.82. The lowest BCUT2D eigenvalue weighted by molar-refractivity contribution is -0.143. The molecule has 0 aliphatic carbocycles. The van der Waals surface area contributed by atoms with Crippen LogP contribution in [0.5, 0.6) is 0 Å². The van der Waals surface area contributed by atoms with Crippen molar-refractivity contribution < 1.29 is 44.1 Å². The Morgan fingerprint density at radius 3 is 1.83 bits per heavy atom. The third kappa shape index (κ3) is 13.6. The largest absolute Gasteiger partial charge is 0.481 e. The maximum absolute atomic E-state index is 12.7. The van der Waals surface area contributed by atoms with E-state index in [1.807, 2.05) is 0 Å². The van der Waals surface area contributed by atoms with Crippen LogP contribution in [0.15, 0.2) is 4.99 Å². The standard InChI is InChI=1S/C18H31N7O9S/c19-8(2-1-5-22-18(20)21)14(30)24-10(6-13(28)29)16(32)23-9(3-4-12(26)27)15(31)25-11(7-35)17(33)34/h8-11,35H,1-7,19H2,(H,23,32)(H,24,30)(H,25,31)(H,26,27)(H,28,29)(H,33,34)(H4,20,21,22). The zero-order valence-corrected chi connectivity index (χ0v) is 19.6. The molecule has 0 saturated carbocycles. The molecule has 0 aliphatic rings. The SMILES string of the molecule is NC(N)=NCCCC(N)C(=O)NC(CC(=O)O)C(=O)NC(CCC(=O)O)C(=O)NC(CS)C(=O)O. The number of nitrogens with zero attached hydrogens (tertiary/aromatic N) is 1. The summed E-state index contributed by atoms with van der Waals surface area (Å²) in [6.07, 6.45) is -1.47. The molecule has 3 amide bonds. The third-order valence-corrected chi connectivity index (χ3v) is 4.76. The molecule has 0 aliphatic heterocycles. The highest BCUT2D eigenvalue weighted by molar-refractivity contribution is 7.80. The first-order valence-electron chi connectivity index (χ1n) is 10.3. The van der Waals surface area contributed by atoms with Gasteiger partial charge in [-0.1, -0.05) is 0 Å². The molecule has 16 nitrogen and oxygen atoms in total. The number of hydrogen-bond acceptors (Lipinski definition) is 9. The quantitative estimate of drug-likeness (QED) is 0.0381. The fourth-order valence-electron chi connectivity index (χ4n) is 2.58. The molecule has 4 unspecified atom stereocenters. The Labute approximate surface area is 205 Å². The van der Waals surface area contributed by atoms with Gasteiger partial charge in [0, 0.05) is 18.7 Å². The van der Waals surface area contributed by atoms with Crippen LogP contribution in [0.2, 0.25) is 0 Å². The van der Waals surface area contributed by atoms with Gasteiger partial charge in [0.2, 0.25) is 17.7 Å². The van der Waals surface area contributed by atoms with Crippen LogP contribution < -0.4 is 33.2 Å². The molecular weight excluding hydrogens is 490 g/mol. The van der Waals surface area contributed by atoms with E-state index in [9.17, 15) is 28.8 Å². The number of guanidine groups is 1. The Balaban J connectivity index is 5.40. The number of carboxylic acids is 3. The van der Waals surface area contributed by atoms with Gasteiger partial charge in [0.1, 0.15) is 18.1 Å². The summed E-state index contributed by atoms with van der Waals surface area (Å²) >= 11 is 3.80. The highest BCUT2D eigenvalue weighted by atomic mass is 32.1. The number of thiol groups is 1. The van der Waals surface area contributed by atoms with E-state index >= 15 is 0 Å². The summed E-state index contributed by atoms with van der Waals surface area (Å²) in [5.41, 5.74) is 16.1.